The second kappa shape index (κ2) is 11.8. The molecule has 0 spiro atoms. The number of pyridine rings is 1. The Bertz CT molecular complexity index is 685. The van der Waals surface area contributed by atoms with E-state index in [2.05, 4.69) is 41.0 Å². The van der Waals surface area contributed by atoms with Crippen LogP contribution < -0.4 is 4.74 Å². The molecule has 6 nitrogen and oxygen atoms in total. The van der Waals surface area contributed by atoms with E-state index >= 15 is 0 Å². The Hall–Kier alpha value is -1.95. The zero-order valence-corrected chi connectivity index (χ0v) is 18.3. The normalized spacial score (nSPS) is 16.4. The Kier molecular flexibility index (Phi) is 9.41. The van der Waals surface area contributed by atoms with E-state index in [1.165, 1.54) is 38.6 Å². The van der Waals surface area contributed by atoms with Crippen molar-refractivity contribution >= 4 is 0 Å². The number of nitrogens with zero attached hydrogens (tertiary/aromatic N) is 5. The number of likely N-dealkylation sites (tertiary alicyclic amines) is 1. The highest BCUT2D eigenvalue weighted by Crippen LogP contribution is 2.22. The standard InChI is InChI=1S/C20H31N5O.C2H6/c1-4-5-6-7-8-17-14-25(23-22-17)19-11-20(13-21-12-19)26-15-18-9-10-24(18)16(2)3;1-2/h11-14,16,18H,4-10,15H2,1-3H3;1-2H3. The largest absolute Gasteiger partial charge is 0.490 e. The number of aryl methyl sites for hydroxylation is 1. The van der Waals surface area contributed by atoms with Gasteiger partial charge in [-0.15, -0.1) is 5.10 Å². The van der Waals surface area contributed by atoms with Gasteiger partial charge in [0, 0.05) is 24.7 Å². The first-order valence-corrected chi connectivity index (χ1v) is 10.9. The van der Waals surface area contributed by atoms with Crippen molar-refractivity contribution < 1.29 is 4.74 Å². The van der Waals surface area contributed by atoms with Gasteiger partial charge < -0.3 is 4.74 Å². The quantitative estimate of drug-likeness (QED) is 0.554. The van der Waals surface area contributed by atoms with Gasteiger partial charge in [0.1, 0.15) is 12.4 Å². The molecule has 1 unspecified atom stereocenters. The van der Waals surface area contributed by atoms with Gasteiger partial charge in [0.15, 0.2) is 0 Å². The molecule has 1 fully saturated rings. The smallest absolute Gasteiger partial charge is 0.139 e. The highest BCUT2D eigenvalue weighted by molar-refractivity contribution is 5.34. The first-order valence-electron chi connectivity index (χ1n) is 10.9. The summed E-state index contributed by atoms with van der Waals surface area (Å²) in [7, 11) is 0. The summed E-state index contributed by atoms with van der Waals surface area (Å²) in [6.45, 7) is 12.6. The minimum atomic E-state index is 0.514. The van der Waals surface area contributed by atoms with Gasteiger partial charge in [-0.1, -0.05) is 45.2 Å². The molecule has 0 amide bonds. The van der Waals surface area contributed by atoms with E-state index in [1.807, 2.05) is 26.1 Å². The van der Waals surface area contributed by atoms with Crippen LogP contribution in [0, 0.1) is 0 Å². The van der Waals surface area contributed by atoms with Crippen LogP contribution in [0.15, 0.2) is 24.7 Å². The first-order chi connectivity index (χ1) is 13.7. The molecule has 3 rings (SSSR count). The molecule has 0 N–H and O–H groups in total. The zero-order valence-electron chi connectivity index (χ0n) is 18.3. The second-order valence-corrected chi connectivity index (χ2v) is 7.43. The molecule has 0 saturated carbocycles. The SMILES string of the molecule is CC.CCCCCCc1cn(-c2cncc(OCC3CCN3C(C)C)c2)nn1. The number of rotatable bonds is 10. The first kappa shape index (κ1) is 22.3. The van der Waals surface area contributed by atoms with Crippen LogP contribution >= 0.6 is 0 Å². The summed E-state index contributed by atoms with van der Waals surface area (Å²) in [4.78, 5) is 6.78. The Morgan fingerprint density at radius 3 is 2.68 bits per heavy atom. The third-order valence-corrected chi connectivity index (χ3v) is 5.09. The summed E-state index contributed by atoms with van der Waals surface area (Å²) < 4.78 is 7.78. The van der Waals surface area contributed by atoms with Crippen LogP contribution in [0.1, 0.15) is 72.4 Å². The third kappa shape index (κ3) is 6.30. The molecule has 0 aliphatic carbocycles. The van der Waals surface area contributed by atoms with Gasteiger partial charge in [0.25, 0.3) is 0 Å². The van der Waals surface area contributed by atoms with Crippen molar-refractivity contribution in [3.05, 3.63) is 30.4 Å². The molecular formula is C22H37N5O. The lowest BCUT2D eigenvalue weighted by Crippen LogP contribution is -2.54. The molecule has 1 atom stereocenters. The second-order valence-electron chi connectivity index (χ2n) is 7.43. The van der Waals surface area contributed by atoms with Crippen molar-refractivity contribution in [2.75, 3.05) is 13.2 Å². The van der Waals surface area contributed by atoms with Crippen molar-refractivity contribution in [3.63, 3.8) is 0 Å². The minimum Gasteiger partial charge on any atom is -0.490 e. The maximum absolute atomic E-state index is 5.99. The monoisotopic (exact) mass is 387 g/mol. The maximum Gasteiger partial charge on any atom is 0.139 e. The van der Waals surface area contributed by atoms with Crippen molar-refractivity contribution in [3.8, 4) is 11.4 Å². The summed E-state index contributed by atoms with van der Waals surface area (Å²) in [5.41, 5.74) is 1.93. The summed E-state index contributed by atoms with van der Waals surface area (Å²) >= 11 is 0. The molecular weight excluding hydrogens is 350 g/mol. The van der Waals surface area contributed by atoms with Gasteiger partial charge in [-0.25, -0.2) is 4.68 Å². The van der Waals surface area contributed by atoms with Crippen molar-refractivity contribution in [1.29, 1.82) is 0 Å². The number of unbranched alkanes of at least 4 members (excludes halogenated alkanes) is 3. The number of ether oxygens (including phenoxy) is 1. The molecule has 1 aliphatic heterocycles. The molecule has 28 heavy (non-hydrogen) atoms. The van der Waals surface area contributed by atoms with Crippen LogP contribution in [0.4, 0.5) is 0 Å². The molecule has 0 bridgehead atoms. The van der Waals surface area contributed by atoms with Crippen LogP contribution in [0.2, 0.25) is 0 Å². The molecule has 6 heteroatoms. The highest BCUT2D eigenvalue weighted by atomic mass is 16.5. The lowest BCUT2D eigenvalue weighted by atomic mass is 10.0. The summed E-state index contributed by atoms with van der Waals surface area (Å²) in [5, 5.41) is 8.53. The van der Waals surface area contributed by atoms with Crippen LogP contribution in [0.3, 0.4) is 0 Å². The van der Waals surface area contributed by atoms with Crippen molar-refractivity contribution in [2.24, 2.45) is 0 Å². The molecule has 0 radical (unpaired) electrons. The topological polar surface area (TPSA) is 56.1 Å². The van der Waals surface area contributed by atoms with E-state index in [1.54, 1.807) is 17.1 Å². The van der Waals surface area contributed by atoms with E-state index < -0.39 is 0 Å². The van der Waals surface area contributed by atoms with Crippen molar-refractivity contribution in [1.82, 2.24) is 24.9 Å². The van der Waals surface area contributed by atoms with Crippen LogP contribution in [-0.2, 0) is 6.42 Å². The highest BCUT2D eigenvalue weighted by Gasteiger charge is 2.30. The van der Waals surface area contributed by atoms with Gasteiger partial charge in [-0.3, -0.25) is 9.88 Å². The van der Waals surface area contributed by atoms with E-state index in [9.17, 15) is 0 Å². The molecule has 1 saturated heterocycles. The third-order valence-electron chi connectivity index (χ3n) is 5.09. The van der Waals surface area contributed by atoms with Crippen LogP contribution in [-0.4, -0.2) is 50.1 Å². The molecule has 0 aromatic carbocycles. The Morgan fingerprint density at radius 1 is 1.18 bits per heavy atom. The fourth-order valence-electron chi connectivity index (χ4n) is 3.40. The summed E-state index contributed by atoms with van der Waals surface area (Å²) in [6, 6.07) is 3.08. The van der Waals surface area contributed by atoms with Crippen LogP contribution in [0.5, 0.6) is 5.75 Å². The number of hydrogen-bond donors (Lipinski definition) is 0. The van der Waals surface area contributed by atoms with E-state index in [0.29, 0.717) is 18.7 Å². The average molecular weight is 388 g/mol. The summed E-state index contributed by atoms with van der Waals surface area (Å²) in [5.74, 6) is 0.790. The molecule has 3 heterocycles. The van der Waals surface area contributed by atoms with Gasteiger partial charge in [-0.2, -0.15) is 0 Å². The average Bonchev–Trinajstić information content (AvgIpc) is 3.15. The molecule has 2 aromatic heterocycles. The van der Waals surface area contributed by atoms with E-state index in [-0.39, 0.29) is 0 Å². The Balaban J connectivity index is 0.00000136. The predicted molar refractivity (Wildman–Crippen MR) is 114 cm³/mol. The molecule has 156 valence electrons. The van der Waals surface area contributed by atoms with Gasteiger partial charge in [0.05, 0.1) is 30.0 Å². The summed E-state index contributed by atoms with van der Waals surface area (Å²) in [6.07, 6.45) is 12.7. The lowest BCUT2D eigenvalue weighted by Gasteiger charge is -2.43. The van der Waals surface area contributed by atoms with Gasteiger partial charge in [-0.05, 0) is 33.1 Å². The maximum atomic E-state index is 5.99. The number of hydrogen-bond acceptors (Lipinski definition) is 5. The fraction of sp³-hybridized carbons (Fsp3) is 0.682. The van der Waals surface area contributed by atoms with E-state index in [4.69, 9.17) is 4.74 Å². The lowest BCUT2D eigenvalue weighted by molar-refractivity contribution is 0.0241. The van der Waals surface area contributed by atoms with Crippen LogP contribution in [0.25, 0.3) is 5.69 Å². The predicted octanol–water partition coefficient (Wildman–Crippen LogP) is 4.67. The molecule has 2 aromatic rings. The van der Waals surface area contributed by atoms with Gasteiger partial charge >= 0.3 is 0 Å². The number of aromatic nitrogens is 4. The van der Waals surface area contributed by atoms with Crippen molar-refractivity contribution in [2.45, 2.75) is 85.2 Å². The minimum absolute atomic E-state index is 0.514. The van der Waals surface area contributed by atoms with Gasteiger partial charge in [0.2, 0.25) is 0 Å². The Morgan fingerprint density at radius 2 is 2.00 bits per heavy atom. The fourth-order valence-corrected chi connectivity index (χ4v) is 3.40. The molecule has 1 aliphatic rings. The Labute approximate surface area is 170 Å². The van der Waals surface area contributed by atoms with E-state index in [0.717, 1.165) is 23.6 Å². The zero-order chi connectivity index (χ0) is 20.4.